The molecule has 0 radical (unpaired) electrons. The highest BCUT2D eigenvalue weighted by Crippen LogP contribution is 2.41. The Morgan fingerprint density at radius 1 is 0.769 bits per heavy atom. The Morgan fingerprint density at radius 2 is 1.31 bits per heavy atom. The Balaban J connectivity index is 1.59. The molecule has 2 saturated carbocycles. The first-order valence-corrected chi connectivity index (χ1v) is 12.9. The van der Waals surface area contributed by atoms with E-state index in [1.54, 1.807) is 21.3 Å². The van der Waals surface area contributed by atoms with Crippen LogP contribution in [0.15, 0.2) is 0 Å². The second kappa shape index (κ2) is 11.8. The second-order valence-corrected chi connectivity index (χ2v) is 11.5. The van der Waals surface area contributed by atoms with Gasteiger partial charge in [-0.25, -0.2) is 0 Å². The Kier molecular flexibility index (Phi) is 10.1. The molecule has 0 amide bonds. The van der Waals surface area contributed by atoms with Crippen molar-refractivity contribution in [1.82, 2.24) is 0 Å². The summed E-state index contributed by atoms with van der Waals surface area (Å²) in [5, 5.41) is 0. The van der Waals surface area contributed by atoms with Crippen molar-refractivity contribution in [2.75, 3.05) is 27.9 Å². The number of hydrogen-bond acceptors (Lipinski definition) is 4. The highest BCUT2D eigenvalue weighted by atomic mass is 28.4. The summed E-state index contributed by atoms with van der Waals surface area (Å²) in [6, 6.07) is 0.826. The van der Waals surface area contributed by atoms with Gasteiger partial charge in [-0.15, -0.1) is 0 Å². The highest BCUT2D eigenvalue weighted by Gasteiger charge is 2.37. The summed E-state index contributed by atoms with van der Waals surface area (Å²) in [4.78, 5) is 0. The van der Waals surface area contributed by atoms with E-state index in [0.29, 0.717) is 6.10 Å². The van der Waals surface area contributed by atoms with Gasteiger partial charge < -0.3 is 18.0 Å². The highest BCUT2D eigenvalue weighted by molar-refractivity contribution is 6.60. The predicted molar refractivity (Wildman–Crippen MR) is 108 cm³/mol. The van der Waals surface area contributed by atoms with Gasteiger partial charge in [0.1, 0.15) is 0 Å². The van der Waals surface area contributed by atoms with Crippen molar-refractivity contribution < 1.29 is 18.0 Å². The standard InChI is InChI=1S/C21H42O4Si/c1-5-7-18-8-10-19(11-9-18)20-12-14-21(15-13-20)25-16-6-17-26(22-2,23-3)24-4/h18-21H,5-17H2,1-4H3/t18-,19-,20-,21-. The molecule has 0 aromatic rings. The molecule has 2 rings (SSSR count). The lowest BCUT2D eigenvalue weighted by molar-refractivity contribution is 0.00549. The lowest BCUT2D eigenvalue weighted by Gasteiger charge is -2.37. The third kappa shape index (κ3) is 6.59. The van der Waals surface area contributed by atoms with Crippen molar-refractivity contribution in [2.45, 2.75) is 89.7 Å². The van der Waals surface area contributed by atoms with E-state index < -0.39 is 8.80 Å². The van der Waals surface area contributed by atoms with Gasteiger partial charge in [-0.1, -0.05) is 32.6 Å². The van der Waals surface area contributed by atoms with E-state index in [0.717, 1.165) is 36.8 Å². The molecule has 154 valence electrons. The molecule has 0 saturated heterocycles. The van der Waals surface area contributed by atoms with Crippen LogP contribution in [-0.2, 0) is 18.0 Å². The predicted octanol–water partition coefficient (Wildman–Crippen LogP) is 5.44. The first kappa shape index (κ1) is 22.3. The summed E-state index contributed by atoms with van der Waals surface area (Å²) in [7, 11) is 2.60. The summed E-state index contributed by atoms with van der Waals surface area (Å²) >= 11 is 0. The molecule has 0 aliphatic heterocycles. The van der Waals surface area contributed by atoms with Gasteiger partial charge in [0.25, 0.3) is 0 Å². The molecule has 0 unspecified atom stereocenters. The quantitative estimate of drug-likeness (QED) is 0.350. The van der Waals surface area contributed by atoms with E-state index in [9.17, 15) is 0 Å². The molecule has 0 spiro atoms. The van der Waals surface area contributed by atoms with Gasteiger partial charge in [-0.2, -0.15) is 0 Å². The van der Waals surface area contributed by atoms with E-state index in [-0.39, 0.29) is 0 Å². The Labute approximate surface area is 162 Å². The monoisotopic (exact) mass is 386 g/mol. The Hall–Kier alpha value is 0.0569. The smallest absolute Gasteiger partial charge is 0.378 e. The van der Waals surface area contributed by atoms with Crippen molar-refractivity contribution in [2.24, 2.45) is 17.8 Å². The molecule has 0 heterocycles. The van der Waals surface area contributed by atoms with Crippen molar-refractivity contribution in [3.8, 4) is 0 Å². The van der Waals surface area contributed by atoms with Crippen molar-refractivity contribution >= 4 is 8.80 Å². The normalized spacial score (nSPS) is 30.5. The van der Waals surface area contributed by atoms with Crippen LogP contribution < -0.4 is 0 Å². The minimum atomic E-state index is -2.43. The first-order valence-electron chi connectivity index (χ1n) is 10.9. The zero-order chi connectivity index (χ0) is 18.8. The van der Waals surface area contributed by atoms with Crippen LogP contribution in [0.3, 0.4) is 0 Å². The van der Waals surface area contributed by atoms with E-state index in [4.69, 9.17) is 18.0 Å². The van der Waals surface area contributed by atoms with Crippen molar-refractivity contribution in [3.05, 3.63) is 0 Å². The topological polar surface area (TPSA) is 36.9 Å². The molecule has 0 bridgehead atoms. The molecule has 0 aromatic heterocycles. The van der Waals surface area contributed by atoms with Crippen LogP contribution in [0.1, 0.15) is 77.6 Å². The molecule has 2 fully saturated rings. The fourth-order valence-electron chi connectivity index (χ4n) is 5.18. The molecule has 2 aliphatic carbocycles. The van der Waals surface area contributed by atoms with Crippen molar-refractivity contribution in [3.63, 3.8) is 0 Å². The van der Waals surface area contributed by atoms with Crippen molar-refractivity contribution in [1.29, 1.82) is 0 Å². The largest absolute Gasteiger partial charge is 0.500 e. The van der Waals surface area contributed by atoms with E-state index in [2.05, 4.69) is 6.92 Å². The van der Waals surface area contributed by atoms with Gasteiger partial charge in [0, 0.05) is 34.0 Å². The maximum absolute atomic E-state index is 6.15. The third-order valence-corrected chi connectivity index (χ3v) is 9.72. The minimum absolute atomic E-state index is 0.464. The van der Waals surface area contributed by atoms with E-state index in [1.165, 1.54) is 64.2 Å². The number of hydrogen-bond donors (Lipinski definition) is 0. The molecule has 5 heteroatoms. The maximum atomic E-state index is 6.15. The van der Waals surface area contributed by atoms with E-state index >= 15 is 0 Å². The molecule has 4 nitrogen and oxygen atoms in total. The average Bonchev–Trinajstić information content (AvgIpc) is 2.70. The summed E-state index contributed by atoms with van der Waals surface area (Å²) in [5.74, 6) is 2.99. The Morgan fingerprint density at radius 3 is 1.81 bits per heavy atom. The molecular formula is C21H42O4Si. The molecule has 0 aromatic carbocycles. The van der Waals surface area contributed by atoms with Gasteiger partial charge >= 0.3 is 8.80 Å². The molecular weight excluding hydrogens is 344 g/mol. The van der Waals surface area contributed by atoms with Crippen LogP contribution in [0.5, 0.6) is 0 Å². The van der Waals surface area contributed by atoms with Crippen LogP contribution in [0, 0.1) is 17.8 Å². The number of ether oxygens (including phenoxy) is 1. The fourth-order valence-corrected chi connectivity index (χ4v) is 6.87. The minimum Gasteiger partial charge on any atom is -0.378 e. The Bertz CT molecular complexity index is 351. The third-order valence-electron chi connectivity index (χ3n) is 6.89. The zero-order valence-electron chi connectivity index (χ0n) is 17.6. The average molecular weight is 387 g/mol. The SMILES string of the molecule is CCC[C@H]1CC[C@H]([C@H]2CC[C@H](OCCC[Si](OC)(OC)OC)CC2)CC1. The molecule has 2 aliphatic rings. The first-order chi connectivity index (χ1) is 12.7. The number of rotatable bonds is 11. The van der Waals surface area contributed by atoms with Gasteiger partial charge in [-0.05, 0) is 62.7 Å². The van der Waals surface area contributed by atoms with Crippen LogP contribution in [0.2, 0.25) is 6.04 Å². The summed E-state index contributed by atoms with van der Waals surface area (Å²) in [6.07, 6.45) is 15.4. The van der Waals surface area contributed by atoms with Crippen LogP contribution >= 0.6 is 0 Å². The van der Waals surface area contributed by atoms with Gasteiger partial charge in [0.2, 0.25) is 0 Å². The second-order valence-electron chi connectivity index (χ2n) is 8.38. The maximum Gasteiger partial charge on any atom is 0.500 e. The molecule has 26 heavy (non-hydrogen) atoms. The van der Waals surface area contributed by atoms with Gasteiger partial charge in [0.05, 0.1) is 6.10 Å². The lowest BCUT2D eigenvalue weighted by atomic mass is 9.70. The van der Waals surface area contributed by atoms with Crippen LogP contribution in [0.4, 0.5) is 0 Å². The van der Waals surface area contributed by atoms with Gasteiger partial charge in [-0.3, -0.25) is 0 Å². The fraction of sp³-hybridized carbons (Fsp3) is 1.00. The summed E-state index contributed by atoms with van der Waals surface area (Å²) in [6.45, 7) is 3.12. The zero-order valence-corrected chi connectivity index (χ0v) is 18.6. The summed E-state index contributed by atoms with van der Waals surface area (Å²) < 4.78 is 22.6. The lowest BCUT2D eigenvalue weighted by Crippen LogP contribution is -2.42. The van der Waals surface area contributed by atoms with Crippen LogP contribution in [-0.4, -0.2) is 42.8 Å². The van der Waals surface area contributed by atoms with Gasteiger partial charge in [0.15, 0.2) is 0 Å². The molecule has 0 atom stereocenters. The molecule has 0 N–H and O–H groups in total. The van der Waals surface area contributed by atoms with Crippen LogP contribution in [0.25, 0.3) is 0 Å². The van der Waals surface area contributed by atoms with E-state index in [1.807, 2.05) is 0 Å². The summed E-state index contributed by atoms with van der Waals surface area (Å²) in [5.41, 5.74) is 0.